The fourth-order valence-electron chi connectivity index (χ4n) is 3.64. The van der Waals surface area contributed by atoms with Gasteiger partial charge in [0.25, 0.3) is 0 Å². The van der Waals surface area contributed by atoms with Crippen molar-refractivity contribution in [2.24, 2.45) is 0 Å². The summed E-state index contributed by atoms with van der Waals surface area (Å²) >= 11 is 1.73. The molecule has 3 aromatic heterocycles. The summed E-state index contributed by atoms with van der Waals surface area (Å²) in [6, 6.07) is 4.22. The normalized spacial score (nSPS) is 19.5. The number of nitrogen functional groups attached to an aromatic ring is 1. The Hall–Kier alpha value is -2.52. The van der Waals surface area contributed by atoms with Gasteiger partial charge < -0.3 is 20.7 Å². The van der Waals surface area contributed by atoms with E-state index in [9.17, 15) is 0 Å². The van der Waals surface area contributed by atoms with Crippen molar-refractivity contribution in [2.75, 3.05) is 36.1 Å². The molecule has 4 heterocycles. The van der Waals surface area contributed by atoms with Crippen LogP contribution in [0.1, 0.15) is 24.0 Å². The zero-order valence-corrected chi connectivity index (χ0v) is 17.2. The molecule has 0 aromatic carbocycles. The van der Waals surface area contributed by atoms with Gasteiger partial charge >= 0.3 is 0 Å². The number of anilines is 3. The van der Waals surface area contributed by atoms with Crippen LogP contribution in [0, 0.1) is 6.92 Å². The van der Waals surface area contributed by atoms with Crippen molar-refractivity contribution in [3.63, 3.8) is 0 Å². The lowest BCUT2D eigenvalue weighted by Crippen LogP contribution is -2.36. The van der Waals surface area contributed by atoms with Crippen molar-refractivity contribution in [1.82, 2.24) is 19.9 Å². The molecule has 1 fully saturated rings. The highest BCUT2D eigenvalue weighted by Gasteiger charge is 2.33. The van der Waals surface area contributed by atoms with Gasteiger partial charge in [0.2, 0.25) is 0 Å². The number of ether oxygens (including phenoxy) is 1. The van der Waals surface area contributed by atoms with Crippen molar-refractivity contribution in [3.8, 4) is 0 Å². The number of methoxy groups -OCH3 is 1. The van der Waals surface area contributed by atoms with Gasteiger partial charge in [0, 0.05) is 31.1 Å². The number of hydrogen-bond acceptors (Lipinski definition) is 9. The van der Waals surface area contributed by atoms with Crippen LogP contribution in [0.5, 0.6) is 0 Å². The van der Waals surface area contributed by atoms with Gasteiger partial charge in [-0.05, 0) is 25.8 Å². The van der Waals surface area contributed by atoms with Crippen LogP contribution in [0.4, 0.5) is 17.5 Å². The van der Waals surface area contributed by atoms with Crippen LogP contribution in [0.3, 0.4) is 0 Å². The molecule has 1 saturated heterocycles. The molecule has 28 heavy (non-hydrogen) atoms. The van der Waals surface area contributed by atoms with E-state index in [4.69, 9.17) is 10.5 Å². The molecule has 0 unspecified atom stereocenters. The van der Waals surface area contributed by atoms with E-state index in [0.29, 0.717) is 5.82 Å². The third kappa shape index (κ3) is 3.72. The van der Waals surface area contributed by atoms with Crippen molar-refractivity contribution >= 4 is 39.0 Å². The fraction of sp³-hybridized carbons (Fsp3) is 0.474. The van der Waals surface area contributed by atoms with Gasteiger partial charge in [-0.1, -0.05) is 6.92 Å². The Morgan fingerprint density at radius 1 is 1.32 bits per heavy atom. The smallest absolute Gasteiger partial charge is 0.138 e. The maximum atomic E-state index is 5.86. The molecule has 4 rings (SSSR count). The summed E-state index contributed by atoms with van der Waals surface area (Å²) in [6.45, 7) is 5.60. The van der Waals surface area contributed by atoms with Crippen molar-refractivity contribution in [2.45, 2.75) is 38.8 Å². The average molecular weight is 400 g/mol. The van der Waals surface area contributed by atoms with Crippen LogP contribution in [0.25, 0.3) is 10.2 Å². The van der Waals surface area contributed by atoms with E-state index in [2.05, 4.69) is 43.1 Å². The number of aromatic nitrogens is 4. The molecule has 0 amide bonds. The highest BCUT2D eigenvalue weighted by Crippen LogP contribution is 2.31. The van der Waals surface area contributed by atoms with E-state index in [1.54, 1.807) is 18.4 Å². The monoisotopic (exact) mass is 399 g/mol. The van der Waals surface area contributed by atoms with Crippen molar-refractivity contribution in [3.05, 3.63) is 29.2 Å². The minimum Gasteiger partial charge on any atom is -0.384 e. The van der Waals surface area contributed by atoms with E-state index in [1.807, 2.05) is 13.0 Å². The standard InChI is InChI=1S/C19H25N7OS/c1-4-14-6-15-18(24-11(2)25-19(15)28-14)21-8-12-5-13(27-3)9-26(12)17-7-16(20)22-10-23-17/h6-7,10,12-13H,4-5,8-9H2,1-3H3,(H2,20,22,23)(H,21,24,25)/t12-,13-/m1/s1. The zero-order chi connectivity index (χ0) is 19.7. The first kappa shape index (κ1) is 18.8. The van der Waals surface area contributed by atoms with Crippen LogP contribution in [-0.2, 0) is 11.2 Å². The van der Waals surface area contributed by atoms with E-state index < -0.39 is 0 Å². The van der Waals surface area contributed by atoms with Crippen LogP contribution in [-0.4, -0.2) is 52.3 Å². The van der Waals surface area contributed by atoms with Crippen LogP contribution in [0.2, 0.25) is 0 Å². The van der Waals surface area contributed by atoms with E-state index in [-0.39, 0.29) is 12.1 Å². The highest BCUT2D eigenvalue weighted by atomic mass is 32.1. The molecular formula is C19H25N7OS. The summed E-state index contributed by atoms with van der Waals surface area (Å²) in [4.78, 5) is 22.2. The maximum absolute atomic E-state index is 5.86. The predicted molar refractivity (Wildman–Crippen MR) is 113 cm³/mol. The minimum atomic E-state index is 0.156. The van der Waals surface area contributed by atoms with Gasteiger partial charge in [-0.3, -0.25) is 0 Å². The number of nitrogens with zero attached hydrogens (tertiary/aromatic N) is 5. The van der Waals surface area contributed by atoms with Gasteiger partial charge in [0.05, 0.1) is 17.5 Å². The summed E-state index contributed by atoms with van der Waals surface area (Å²) < 4.78 is 5.61. The lowest BCUT2D eigenvalue weighted by atomic mass is 10.2. The van der Waals surface area contributed by atoms with Gasteiger partial charge in [-0.25, -0.2) is 19.9 Å². The summed E-state index contributed by atoms with van der Waals surface area (Å²) in [5.41, 5.74) is 5.86. The van der Waals surface area contributed by atoms with E-state index in [1.165, 1.54) is 11.2 Å². The first-order valence-electron chi connectivity index (χ1n) is 9.45. The van der Waals surface area contributed by atoms with Gasteiger partial charge in [0.1, 0.15) is 34.4 Å². The molecule has 1 aliphatic rings. The van der Waals surface area contributed by atoms with Gasteiger partial charge in [0.15, 0.2) is 0 Å². The second-order valence-electron chi connectivity index (χ2n) is 6.99. The van der Waals surface area contributed by atoms with Crippen molar-refractivity contribution in [1.29, 1.82) is 0 Å². The van der Waals surface area contributed by atoms with Gasteiger partial charge in [-0.2, -0.15) is 0 Å². The molecular weight excluding hydrogens is 374 g/mol. The Morgan fingerprint density at radius 3 is 2.93 bits per heavy atom. The minimum absolute atomic E-state index is 0.156. The average Bonchev–Trinajstić information content (AvgIpc) is 3.29. The molecule has 148 valence electrons. The lowest BCUT2D eigenvalue weighted by molar-refractivity contribution is 0.118. The maximum Gasteiger partial charge on any atom is 0.138 e. The Labute approximate surface area is 168 Å². The van der Waals surface area contributed by atoms with Crippen molar-refractivity contribution < 1.29 is 4.74 Å². The first-order chi connectivity index (χ1) is 13.6. The third-order valence-corrected chi connectivity index (χ3v) is 6.26. The second kappa shape index (κ2) is 7.84. The quantitative estimate of drug-likeness (QED) is 0.652. The van der Waals surface area contributed by atoms with Crippen LogP contribution < -0.4 is 16.0 Å². The molecule has 3 N–H and O–H groups in total. The summed E-state index contributed by atoms with van der Waals surface area (Å²) in [5.74, 6) is 2.96. The first-order valence-corrected chi connectivity index (χ1v) is 10.3. The molecule has 0 bridgehead atoms. The molecule has 0 spiro atoms. The third-order valence-electron chi connectivity index (χ3n) is 5.09. The lowest BCUT2D eigenvalue weighted by Gasteiger charge is -2.26. The number of nitrogens with one attached hydrogen (secondary N) is 1. The highest BCUT2D eigenvalue weighted by molar-refractivity contribution is 7.18. The molecule has 8 nitrogen and oxygen atoms in total. The van der Waals surface area contributed by atoms with E-state index >= 15 is 0 Å². The molecule has 0 aliphatic carbocycles. The summed E-state index contributed by atoms with van der Waals surface area (Å²) in [5, 5.41) is 4.64. The van der Waals surface area contributed by atoms with Crippen LogP contribution in [0.15, 0.2) is 18.5 Å². The number of hydrogen-bond donors (Lipinski definition) is 2. The molecule has 0 saturated carbocycles. The van der Waals surface area contributed by atoms with Gasteiger partial charge in [-0.15, -0.1) is 11.3 Å². The zero-order valence-electron chi connectivity index (χ0n) is 16.3. The summed E-state index contributed by atoms with van der Waals surface area (Å²) in [6.07, 6.45) is 3.57. The SMILES string of the molecule is CCc1cc2c(NC[C@H]3C[C@@H](OC)CN3c3cc(N)ncn3)nc(C)nc2s1. The molecule has 3 aromatic rings. The number of aryl methyl sites for hydroxylation is 2. The Morgan fingerprint density at radius 2 is 2.18 bits per heavy atom. The predicted octanol–water partition coefficient (Wildman–Crippen LogP) is 2.64. The van der Waals surface area contributed by atoms with E-state index in [0.717, 1.165) is 53.6 Å². The number of nitrogens with two attached hydrogens (primary N) is 1. The topological polar surface area (TPSA) is 102 Å². The Kier molecular flexibility index (Phi) is 5.27. The Balaban J connectivity index is 1.57. The van der Waals surface area contributed by atoms with Crippen LogP contribution >= 0.6 is 11.3 Å². The number of fused-ring (bicyclic) bond motifs is 1. The largest absolute Gasteiger partial charge is 0.384 e. The molecule has 1 aliphatic heterocycles. The Bertz CT molecular complexity index is 976. The fourth-order valence-corrected chi connectivity index (χ4v) is 4.65. The molecule has 0 radical (unpaired) electrons. The second-order valence-corrected chi connectivity index (χ2v) is 8.10. The number of rotatable bonds is 6. The number of thiophene rings is 1. The molecule has 2 atom stereocenters. The molecule has 9 heteroatoms. The summed E-state index contributed by atoms with van der Waals surface area (Å²) in [7, 11) is 1.75.